The van der Waals surface area contributed by atoms with Crippen LogP contribution in [-0.4, -0.2) is 49.0 Å². The monoisotopic (exact) mass is 474 g/mol. The molecule has 3 rings (SSSR count). The molecule has 4 atom stereocenters. The van der Waals surface area contributed by atoms with Crippen LogP contribution in [0.5, 0.6) is 0 Å². The van der Waals surface area contributed by atoms with Crippen molar-refractivity contribution in [3.8, 4) is 0 Å². The van der Waals surface area contributed by atoms with Crippen LogP contribution in [-0.2, 0) is 27.7 Å². The molecule has 33 heavy (non-hydrogen) atoms. The lowest BCUT2D eigenvalue weighted by Gasteiger charge is -2.24. The third kappa shape index (κ3) is 7.37. The Kier molecular flexibility index (Phi) is 8.64. The summed E-state index contributed by atoms with van der Waals surface area (Å²) in [6.07, 6.45) is -0.767. The van der Waals surface area contributed by atoms with Crippen molar-refractivity contribution in [1.82, 2.24) is 10.0 Å². The summed E-state index contributed by atoms with van der Waals surface area (Å²) in [6, 6.07) is 16.6. The number of carbonyl (C=O) groups excluding carboxylic acids is 1. The second-order valence-electron chi connectivity index (χ2n) is 9.26. The number of amides is 1. The van der Waals surface area contributed by atoms with Crippen LogP contribution >= 0.6 is 0 Å². The van der Waals surface area contributed by atoms with Gasteiger partial charge in [-0.2, -0.15) is 0 Å². The van der Waals surface area contributed by atoms with Crippen LogP contribution in [0.15, 0.2) is 54.6 Å². The van der Waals surface area contributed by atoms with Crippen LogP contribution in [0.4, 0.5) is 0 Å². The fraction of sp³-hybridized carbons (Fsp3) is 0.480. The van der Waals surface area contributed by atoms with Gasteiger partial charge >= 0.3 is 0 Å². The Morgan fingerprint density at radius 1 is 1.09 bits per heavy atom. The fourth-order valence-electron chi connectivity index (χ4n) is 4.33. The molecular weight excluding hydrogens is 440 g/mol. The Hall–Kier alpha value is -2.26. The molecule has 1 aliphatic rings. The smallest absolute Gasteiger partial charge is 0.224 e. The first kappa shape index (κ1) is 25.4. The van der Waals surface area contributed by atoms with Crippen molar-refractivity contribution in [3.05, 3.63) is 71.3 Å². The van der Waals surface area contributed by atoms with E-state index in [0.717, 1.165) is 16.7 Å². The van der Waals surface area contributed by atoms with Crippen LogP contribution in [0, 0.1) is 11.8 Å². The number of fused-ring (bicyclic) bond motifs is 1. The number of nitrogens with one attached hydrogen (secondary N) is 2. The summed E-state index contributed by atoms with van der Waals surface area (Å²) in [7, 11) is -3.49. The van der Waals surface area contributed by atoms with Gasteiger partial charge in [-0.15, -0.1) is 0 Å². The van der Waals surface area contributed by atoms with Crippen LogP contribution in [0.1, 0.15) is 43.0 Å². The number of rotatable bonds is 11. The van der Waals surface area contributed by atoms with E-state index in [1.165, 1.54) is 0 Å². The van der Waals surface area contributed by atoms with E-state index in [-0.39, 0.29) is 30.5 Å². The van der Waals surface area contributed by atoms with Gasteiger partial charge in [0, 0.05) is 18.9 Å². The van der Waals surface area contributed by atoms with Gasteiger partial charge in [0.2, 0.25) is 15.9 Å². The second-order valence-corrected chi connectivity index (χ2v) is 11.1. The van der Waals surface area contributed by atoms with Gasteiger partial charge in [-0.3, -0.25) is 4.79 Å². The molecule has 2 aromatic rings. The Labute approximate surface area is 196 Å². The van der Waals surface area contributed by atoms with E-state index in [2.05, 4.69) is 10.0 Å². The normalized spacial score (nSPS) is 19.8. The molecule has 180 valence electrons. The molecule has 0 aliphatic heterocycles. The van der Waals surface area contributed by atoms with E-state index >= 15 is 0 Å². The molecule has 0 fully saturated rings. The van der Waals surface area contributed by atoms with Gasteiger partial charge in [-0.1, -0.05) is 68.4 Å². The van der Waals surface area contributed by atoms with Crippen molar-refractivity contribution in [3.63, 3.8) is 0 Å². The van der Waals surface area contributed by atoms with Gasteiger partial charge in [0.25, 0.3) is 0 Å². The van der Waals surface area contributed by atoms with Gasteiger partial charge in [0.15, 0.2) is 0 Å². The first-order chi connectivity index (χ1) is 15.6. The summed E-state index contributed by atoms with van der Waals surface area (Å²) in [4.78, 5) is 13.3. The Bertz CT molecular complexity index is 1030. The molecule has 0 heterocycles. The SMILES string of the molecule is CC(C)CS(=O)(=O)NC[C@@H](O)C[C@@H](Cc1ccccc1)C(=O)N[C@H]1c2ccccc2C[C@H]1O. The predicted molar refractivity (Wildman–Crippen MR) is 128 cm³/mol. The molecule has 0 bridgehead atoms. The molecule has 0 aromatic heterocycles. The average molecular weight is 475 g/mol. The van der Waals surface area contributed by atoms with E-state index < -0.39 is 34.2 Å². The molecular formula is C25H34N2O5S. The summed E-state index contributed by atoms with van der Waals surface area (Å²) in [5.74, 6) is -0.912. The first-order valence-electron chi connectivity index (χ1n) is 11.4. The molecule has 2 aromatic carbocycles. The summed E-state index contributed by atoms with van der Waals surface area (Å²) in [6.45, 7) is 3.47. The predicted octanol–water partition coefficient (Wildman–Crippen LogP) is 1.95. The minimum Gasteiger partial charge on any atom is -0.392 e. The van der Waals surface area contributed by atoms with Crippen molar-refractivity contribution in [2.45, 2.75) is 51.4 Å². The zero-order valence-electron chi connectivity index (χ0n) is 19.1. The number of benzene rings is 2. The van der Waals surface area contributed by atoms with E-state index in [0.29, 0.717) is 12.8 Å². The summed E-state index contributed by atoms with van der Waals surface area (Å²) in [5.41, 5.74) is 2.85. The first-order valence-corrected chi connectivity index (χ1v) is 13.1. The lowest BCUT2D eigenvalue weighted by molar-refractivity contribution is -0.127. The third-order valence-corrected chi connectivity index (χ3v) is 7.56. The fourth-order valence-corrected chi connectivity index (χ4v) is 5.78. The molecule has 7 nitrogen and oxygen atoms in total. The van der Waals surface area contributed by atoms with Crippen molar-refractivity contribution in [2.24, 2.45) is 11.8 Å². The van der Waals surface area contributed by atoms with Crippen LogP contribution < -0.4 is 10.0 Å². The highest BCUT2D eigenvalue weighted by molar-refractivity contribution is 7.89. The lowest BCUT2D eigenvalue weighted by atomic mass is 9.92. The molecule has 0 saturated carbocycles. The number of sulfonamides is 1. The Balaban J connectivity index is 1.69. The number of aliphatic hydroxyl groups is 2. The number of hydrogen-bond donors (Lipinski definition) is 4. The van der Waals surface area contributed by atoms with Crippen molar-refractivity contribution >= 4 is 15.9 Å². The summed E-state index contributed by atoms with van der Waals surface area (Å²) < 4.78 is 26.7. The van der Waals surface area contributed by atoms with Crippen LogP contribution in [0.25, 0.3) is 0 Å². The average Bonchev–Trinajstić information content (AvgIpc) is 3.07. The van der Waals surface area contributed by atoms with Gasteiger partial charge in [-0.05, 0) is 35.4 Å². The molecule has 8 heteroatoms. The van der Waals surface area contributed by atoms with Gasteiger partial charge in [-0.25, -0.2) is 13.1 Å². The zero-order valence-corrected chi connectivity index (χ0v) is 20.0. The van der Waals surface area contributed by atoms with Crippen molar-refractivity contribution in [1.29, 1.82) is 0 Å². The van der Waals surface area contributed by atoms with Crippen molar-refractivity contribution < 1.29 is 23.4 Å². The largest absolute Gasteiger partial charge is 0.392 e. The maximum Gasteiger partial charge on any atom is 0.224 e. The highest BCUT2D eigenvalue weighted by Gasteiger charge is 2.34. The van der Waals surface area contributed by atoms with E-state index in [1.54, 1.807) is 0 Å². The second kappa shape index (κ2) is 11.2. The molecule has 0 radical (unpaired) electrons. The van der Waals surface area contributed by atoms with E-state index in [1.807, 2.05) is 68.4 Å². The summed E-state index contributed by atoms with van der Waals surface area (Å²) in [5, 5.41) is 24.0. The van der Waals surface area contributed by atoms with Crippen LogP contribution in [0.3, 0.4) is 0 Å². The van der Waals surface area contributed by atoms with Crippen LogP contribution in [0.2, 0.25) is 0 Å². The minimum absolute atomic E-state index is 0.0212. The standard InChI is InChI=1S/C25H34N2O5S/c1-17(2)16-33(31,32)26-15-21(28)13-20(12-18-8-4-3-5-9-18)25(30)27-24-22-11-7-6-10-19(22)14-23(24)29/h3-11,17,20-21,23-24,26,28-29H,12-16H2,1-2H3,(H,27,30)/t20-,21+,23-,24+/m1/s1. The van der Waals surface area contributed by atoms with Gasteiger partial charge in [0.05, 0.1) is 24.0 Å². The maximum absolute atomic E-state index is 13.3. The zero-order chi connectivity index (χ0) is 24.0. The maximum atomic E-state index is 13.3. The molecule has 4 N–H and O–H groups in total. The number of hydrogen-bond acceptors (Lipinski definition) is 5. The van der Waals surface area contributed by atoms with Gasteiger partial charge in [0.1, 0.15) is 0 Å². The minimum atomic E-state index is -3.49. The van der Waals surface area contributed by atoms with Gasteiger partial charge < -0.3 is 15.5 Å². The molecule has 1 aliphatic carbocycles. The lowest BCUT2D eigenvalue weighted by Crippen LogP contribution is -2.41. The number of aliphatic hydroxyl groups excluding tert-OH is 2. The Morgan fingerprint density at radius 3 is 2.45 bits per heavy atom. The molecule has 1 amide bonds. The quantitative estimate of drug-likeness (QED) is 0.397. The summed E-state index contributed by atoms with van der Waals surface area (Å²) >= 11 is 0. The molecule has 0 spiro atoms. The number of carbonyl (C=O) groups is 1. The van der Waals surface area contributed by atoms with Crippen molar-refractivity contribution in [2.75, 3.05) is 12.3 Å². The third-order valence-electron chi connectivity index (χ3n) is 5.85. The highest BCUT2D eigenvalue weighted by atomic mass is 32.2. The van der Waals surface area contributed by atoms with E-state index in [9.17, 15) is 23.4 Å². The Morgan fingerprint density at radius 2 is 1.76 bits per heavy atom. The molecule has 0 saturated heterocycles. The molecule has 0 unspecified atom stereocenters. The highest BCUT2D eigenvalue weighted by Crippen LogP contribution is 2.31. The topological polar surface area (TPSA) is 116 Å². The van der Waals surface area contributed by atoms with E-state index in [4.69, 9.17) is 0 Å².